The van der Waals surface area contributed by atoms with Crippen LogP contribution in [0.5, 0.6) is 0 Å². The molecule has 0 saturated carbocycles. The molecule has 0 saturated heterocycles. The van der Waals surface area contributed by atoms with E-state index in [4.69, 9.17) is 28.3 Å². The van der Waals surface area contributed by atoms with Crippen molar-refractivity contribution in [1.29, 1.82) is 0 Å². The summed E-state index contributed by atoms with van der Waals surface area (Å²) in [6.45, 7) is 0. The average Bonchev–Trinajstić information content (AvgIpc) is 2.82. The fourth-order valence-corrected chi connectivity index (χ4v) is 3.91. The normalized spacial score (nSPS) is 10.5. The van der Waals surface area contributed by atoms with E-state index in [1.165, 1.54) is 23.1 Å². The minimum Gasteiger partial charge on any atom is -0.481 e. The van der Waals surface area contributed by atoms with Gasteiger partial charge in [0.2, 0.25) is 0 Å². The van der Waals surface area contributed by atoms with Crippen LogP contribution in [-0.2, 0) is 10.5 Å². The number of carboxylic acid groups (broad SMARTS) is 1. The topological polar surface area (TPSA) is 66.4 Å². The molecule has 0 aliphatic carbocycles. The third kappa shape index (κ3) is 4.91. The number of benzene rings is 1. The number of hydrogen-bond donors (Lipinski definition) is 2. The first-order valence-corrected chi connectivity index (χ1v) is 8.83. The van der Waals surface area contributed by atoms with Gasteiger partial charge < -0.3 is 10.4 Å². The SMILES string of the molecule is O=C(O)CSCc1cc(Cl)c(C(=O)Nc2ccc(Cl)cc2)s1. The molecule has 2 rings (SSSR count). The van der Waals surface area contributed by atoms with Crippen molar-refractivity contribution in [3.05, 3.63) is 50.1 Å². The van der Waals surface area contributed by atoms with Gasteiger partial charge in [-0.3, -0.25) is 9.59 Å². The molecule has 0 atom stereocenters. The largest absolute Gasteiger partial charge is 0.481 e. The van der Waals surface area contributed by atoms with Crippen LogP contribution in [0.2, 0.25) is 10.0 Å². The van der Waals surface area contributed by atoms with Gasteiger partial charge in [-0.1, -0.05) is 23.2 Å². The van der Waals surface area contributed by atoms with E-state index in [0.717, 1.165) is 4.88 Å². The van der Waals surface area contributed by atoms with E-state index < -0.39 is 5.97 Å². The number of thioether (sulfide) groups is 1. The second-order valence-corrected chi connectivity index (χ2v) is 7.20. The summed E-state index contributed by atoms with van der Waals surface area (Å²) < 4.78 is 0. The molecule has 8 heteroatoms. The van der Waals surface area contributed by atoms with Crippen molar-refractivity contribution in [2.45, 2.75) is 5.75 Å². The molecule has 0 unspecified atom stereocenters. The zero-order chi connectivity index (χ0) is 16.1. The Morgan fingerprint density at radius 2 is 1.91 bits per heavy atom. The molecule has 0 radical (unpaired) electrons. The van der Waals surface area contributed by atoms with Gasteiger partial charge >= 0.3 is 5.97 Å². The zero-order valence-corrected chi connectivity index (χ0v) is 14.3. The summed E-state index contributed by atoms with van der Waals surface area (Å²) in [5.74, 6) is -0.646. The number of aliphatic carboxylic acids is 1. The molecule has 2 aromatic rings. The van der Waals surface area contributed by atoms with Crippen molar-refractivity contribution in [3.63, 3.8) is 0 Å². The van der Waals surface area contributed by atoms with Gasteiger partial charge in [0, 0.05) is 21.3 Å². The van der Waals surface area contributed by atoms with Crippen LogP contribution in [0.3, 0.4) is 0 Å². The minimum atomic E-state index is -0.867. The van der Waals surface area contributed by atoms with Crippen LogP contribution < -0.4 is 5.32 Å². The van der Waals surface area contributed by atoms with E-state index in [1.807, 2.05) is 0 Å². The Morgan fingerprint density at radius 1 is 1.23 bits per heavy atom. The number of thiophene rings is 1. The van der Waals surface area contributed by atoms with Gasteiger partial charge in [0.25, 0.3) is 5.91 Å². The number of hydrogen-bond acceptors (Lipinski definition) is 4. The number of rotatable bonds is 6. The molecular formula is C14H11Cl2NO3S2. The van der Waals surface area contributed by atoms with Crippen LogP contribution in [0.15, 0.2) is 30.3 Å². The van der Waals surface area contributed by atoms with Crippen LogP contribution in [0.4, 0.5) is 5.69 Å². The summed E-state index contributed by atoms with van der Waals surface area (Å²) in [6.07, 6.45) is 0. The molecule has 4 nitrogen and oxygen atoms in total. The van der Waals surface area contributed by atoms with Gasteiger partial charge in [-0.15, -0.1) is 23.1 Å². The monoisotopic (exact) mass is 375 g/mol. The highest BCUT2D eigenvalue weighted by Crippen LogP contribution is 2.30. The molecule has 22 heavy (non-hydrogen) atoms. The molecule has 0 fully saturated rings. The first-order chi connectivity index (χ1) is 10.5. The summed E-state index contributed by atoms with van der Waals surface area (Å²) in [4.78, 5) is 23.9. The highest BCUT2D eigenvalue weighted by atomic mass is 35.5. The number of anilines is 1. The highest BCUT2D eigenvalue weighted by molar-refractivity contribution is 7.99. The fraction of sp³-hybridized carbons (Fsp3) is 0.143. The number of halogens is 2. The van der Waals surface area contributed by atoms with Gasteiger partial charge in [0.1, 0.15) is 4.88 Å². The Labute approximate surface area is 145 Å². The number of amides is 1. The summed E-state index contributed by atoms with van der Waals surface area (Å²) in [5, 5.41) is 12.3. The second kappa shape index (κ2) is 7.87. The van der Waals surface area contributed by atoms with Crippen molar-refractivity contribution < 1.29 is 14.7 Å². The van der Waals surface area contributed by atoms with Crippen LogP contribution >= 0.6 is 46.3 Å². The van der Waals surface area contributed by atoms with Gasteiger partial charge in [0.15, 0.2) is 0 Å². The molecule has 0 bridgehead atoms. The molecular weight excluding hydrogens is 365 g/mol. The lowest BCUT2D eigenvalue weighted by Crippen LogP contribution is -2.10. The number of carbonyl (C=O) groups excluding carboxylic acids is 1. The zero-order valence-electron chi connectivity index (χ0n) is 11.1. The van der Waals surface area contributed by atoms with Crippen LogP contribution in [0.1, 0.15) is 14.5 Å². The molecule has 0 aliphatic heterocycles. The Balaban J connectivity index is 2.01. The second-order valence-electron chi connectivity index (χ2n) is 4.24. The summed E-state index contributed by atoms with van der Waals surface area (Å²) in [6, 6.07) is 8.46. The van der Waals surface area contributed by atoms with Crippen molar-refractivity contribution in [1.82, 2.24) is 0 Å². The predicted octanol–water partition coefficient (Wildman–Crippen LogP) is 4.63. The maximum Gasteiger partial charge on any atom is 0.313 e. The van der Waals surface area contributed by atoms with E-state index in [1.54, 1.807) is 30.3 Å². The standard InChI is InChI=1S/C14H11Cl2NO3S2/c15-8-1-3-9(4-2-8)17-14(20)13-11(16)5-10(22-13)6-21-7-12(18)19/h1-5H,6-7H2,(H,17,20)(H,18,19). The average molecular weight is 376 g/mol. The Morgan fingerprint density at radius 3 is 2.55 bits per heavy atom. The minimum absolute atomic E-state index is 0.0157. The molecule has 116 valence electrons. The lowest BCUT2D eigenvalue weighted by molar-refractivity contribution is -0.133. The number of carbonyl (C=O) groups is 2. The smallest absolute Gasteiger partial charge is 0.313 e. The fourth-order valence-electron chi connectivity index (χ4n) is 1.60. The summed E-state index contributed by atoms with van der Waals surface area (Å²) in [7, 11) is 0. The maximum absolute atomic E-state index is 12.2. The summed E-state index contributed by atoms with van der Waals surface area (Å²) in [5.41, 5.74) is 0.626. The quantitative estimate of drug-likeness (QED) is 0.772. The van der Waals surface area contributed by atoms with Crippen molar-refractivity contribution in [2.75, 3.05) is 11.1 Å². The summed E-state index contributed by atoms with van der Waals surface area (Å²) >= 11 is 14.4. The molecule has 1 heterocycles. The highest BCUT2D eigenvalue weighted by Gasteiger charge is 2.15. The van der Waals surface area contributed by atoms with E-state index in [2.05, 4.69) is 5.32 Å². The Kier molecular flexibility index (Phi) is 6.14. The number of nitrogens with one attached hydrogen (secondary N) is 1. The van der Waals surface area contributed by atoms with Crippen LogP contribution in [-0.4, -0.2) is 22.7 Å². The third-order valence-corrected chi connectivity index (χ3v) is 5.46. The third-order valence-electron chi connectivity index (χ3n) is 2.52. The molecule has 1 aromatic heterocycles. The predicted molar refractivity (Wildman–Crippen MR) is 92.5 cm³/mol. The first-order valence-electron chi connectivity index (χ1n) is 6.10. The van der Waals surface area contributed by atoms with Crippen molar-refractivity contribution in [3.8, 4) is 0 Å². The van der Waals surface area contributed by atoms with E-state index in [-0.39, 0.29) is 11.7 Å². The van der Waals surface area contributed by atoms with Gasteiger partial charge in [-0.2, -0.15) is 0 Å². The molecule has 2 N–H and O–H groups in total. The molecule has 0 aliphatic rings. The van der Waals surface area contributed by atoms with Crippen LogP contribution in [0.25, 0.3) is 0 Å². The van der Waals surface area contributed by atoms with Gasteiger partial charge in [0.05, 0.1) is 10.8 Å². The molecule has 0 spiro atoms. The Hall–Kier alpha value is -1.21. The lowest BCUT2D eigenvalue weighted by Gasteiger charge is -2.03. The maximum atomic E-state index is 12.2. The van der Waals surface area contributed by atoms with Crippen molar-refractivity contribution in [2.24, 2.45) is 0 Å². The number of carboxylic acids is 1. The lowest BCUT2D eigenvalue weighted by atomic mass is 10.3. The van der Waals surface area contributed by atoms with Crippen LogP contribution in [0, 0.1) is 0 Å². The first kappa shape index (κ1) is 17.1. The van der Waals surface area contributed by atoms with Crippen molar-refractivity contribution >= 4 is 63.9 Å². The van der Waals surface area contributed by atoms with E-state index in [0.29, 0.717) is 26.4 Å². The van der Waals surface area contributed by atoms with Gasteiger partial charge in [-0.25, -0.2) is 0 Å². The Bertz CT molecular complexity index is 686. The van der Waals surface area contributed by atoms with E-state index >= 15 is 0 Å². The molecule has 1 amide bonds. The van der Waals surface area contributed by atoms with E-state index in [9.17, 15) is 9.59 Å². The van der Waals surface area contributed by atoms with Gasteiger partial charge in [-0.05, 0) is 30.3 Å². The molecule has 1 aromatic carbocycles.